The van der Waals surface area contributed by atoms with Crippen LogP contribution in [0.15, 0.2) is 0 Å². The molecule has 12 nitrogen and oxygen atoms in total. The van der Waals surface area contributed by atoms with E-state index in [-0.39, 0.29) is 0 Å². The van der Waals surface area contributed by atoms with Crippen LogP contribution < -0.4 is 0 Å². The molecule has 1 saturated carbocycles. The molecule has 0 radical (unpaired) electrons. The van der Waals surface area contributed by atoms with Crippen molar-refractivity contribution in [2.75, 3.05) is 0 Å². The number of hydrogen-bond acceptors (Lipinski definition) is 8. The molecule has 0 amide bonds. The first kappa shape index (κ1) is 17.1. The predicted octanol–water partition coefficient (Wildman–Crippen LogP) is 1.73. The van der Waals surface area contributed by atoms with Crippen molar-refractivity contribution in [3.05, 3.63) is 0 Å². The number of ether oxygens (including phenoxy) is 4. The van der Waals surface area contributed by atoms with Gasteiger partial charge in [-0.15, -0.1) is 0 Å². The third-order valence-electron chi connectivity index (χ3n) is 2.87. The summed E-state index contributed by atoms with van der Waals surface area (Å²) < 4.78 is 17.6. The maximum absolute atomic E-state index is 10.6. The van der Waals surface area contributed by atoms with E-state index < -0.39 is 61.9 Å². The zero-order chi connectivity index (χ0) is 17.0. The van der Waals surface area contributed by atoms with Gasteiger partial charge in [0.25, 0.3) is 11.6 Å². The van der Waals surface area contributed by atoms with E-state index in [1.54, 1.807) is 0 Å². The van der Waals surface area contributed by atoms with Gasteiger partial charge >= 0.3 is 24.6 Å². The summed E-state index contributed by atoms with van der Waals surface area (Å²) in [7, 11) is 0. The van der Waals surface area contributed by atoms with Crippen molar-refractivity contribution in [2.45, 2.75) is 37.3 Å². The van der Waals surface area contributed by atoms with Gasteiger partial charge in [-0.2, -0.15) is 0 Å². The monoisotopic (exact) mass is 324 g/mol. The van der Waals surface area contributed by atoms with Crippen molar-refractivity contribution in [3.63, 3.8) is 0 Å². The minimum absolute atomic E-state index is 0.494. The standard InChI is InChI=1S/C10H12O12/c11-5(12)19-9(20-6(13)14)1-2-10(4-3-9,21-7(15)16)22-8(17)18/h1-4H2,(H,11,12)(H,13,14)(H,15,16)(H,17,18). The molecule has 0 saturated heterocycles. The van der Waals surface area contributed by atoms with E-state index in [1.165, 1.54) is 0 Å². The van der Waals surface area contributed by atoms with Crippen LogP contribution in [-0.4, -0.2) is 56.6 Å². The molecule has 22 heavy (non-hydrogen) atoms. The number of carboxylic acid groups (broad SMARTS) is 4. The molecule has 12 heteroatoms. The van der Waals surface area contributed by atoms with Gasteiger partial charge in [-0.1, -0.05) is 0 Å². The van der Waals surface area contributed by atoms with Crippen molar-refractivity contribution in [1.29, 1.82) is 0 Å². The lowest BCUT2D eigenvalue weighted by Crippen LogP contribution is -2.51. The van der Waals surface area contributed by atoms with Gasteiger partial charge in [0.15, 0.2) is 0 Å². The highest BCUT2D eigenvalue weighted by atomic mass is 16.8. The molecule has 1 aliphatic rings. The maximum Gasteiger partial charge on any atom is 0.509 e. The number of rotatable bonds is 4. The minimum Gasteiger partial charge on any atom is -0.450 e. The topological polar surface area (TPSA) is 186 Å². The SMILES string of the molecule is O=C(O)OC1(OC(=O)O)CCC(OC(=O)O)(OC(=O)O)CC1. The highest BCUT2D eigenvalue weighted by Gasteiger charge is 2.52. The van der Waals surface area contributed by atoms with Crippen molar-refractivity contribution < 1.29 is 58.6 Å². The van der Waals surface area contributed by atoms with Crippen LogP contribution in [0.3, 0.4) is 0 Å². The van der Waals surface area contributed by atoms with Crippen LogP contribution in [0.2, 0.25) is 0 Å². The second-order valence-electron chi connectivity index (χ2n) is 4.29. The smallest absolute Gasteiger partial charge is 0.450 e. The van der Waals surface area contributed by atoms with Crippen molar-refractivity contribution in [1.82, 2.24) is 0 Å². The molecule has 1 fully saturated rings. The summed E-state index contributed by atoms with van der Waals surface area (Å²) in [6, 6.07) is 0. The van der Waals surface area contributed by atoms with Crippen LogP contribution in [0.25, 0.3) is 0 Å². The summed E-state index contributed by atoms with van der Waals surface area (Å²) in [4.78, 5) is 42.5. The Morgan fingerprint density at radius 2 is 0.727 bits per heavy atom. The Morgan fingerprint density at radius 3 is 0.864 bits per heavy atom. The summed E-state index contributed by atoms with van der Waals surface area (Å²) in [5.74, 6) is -4.18. The fourth-order valence-electron chi connectivity index (χ4n) is 2.10. The van der Waals surface area contributed by atoms with Gasteiger partial charge in [0.2, 0.25) is 0 Å². The molecule has 0 aromatic rings. The largest absolute Gasteiger partial charge is 0.509 e. The molecule has 0 aliphatic heterocycles. The van der Waals surface area contributed by atoms with Crippen LogP contribution in [-0.2, 0) is 18.9 Å². The Balaban J connectivity index is 2.92. The summed E-state index contributed by atoms with van der Waals surface area (Å²) in [6.07, 6.45) is -9.23. The maximum atomic E-state index is 10.6. The molecule has 0 heterocycles. The highest BCUT2D eigenvalue weighted by Crippen LogP contribution is 2.41. The summed E-state index contributed by atoms with van der Waals surface area (Å²) in [6.45, 7) is 0. The van der Waals surface area contributed by atoms with Gasteiger partial charge in [0.05, 0.1) is 0 Å². The van der Waals surface area contributed by atoms with Gasteiger partial charge in [0, 0.05) is 25.7 Å². The van der Waals surface area contributed by atoms with E-state index in [4.69, 9.17) is 20.4 Å². The van der Waals surface area contributed by atoms with Gasteiger partial charge in [0.1, 0.15) is 0 Å². The molecule has 0 atom stereocenters. The first-order valence-corrected chi connectivity index (χ1v) is 5.76. The van der Waals surface area contributed by atoms with E-state index in [1.807, 2.05) is 0 Å². The van der Waals surface area contributed by atoms with E-state index in [2.05, 4.69) is 18.9 Å². The van der Waals surface area contributed by atoms with Crippen molar-refractivity contribution in [2.24, 2.45) is 0 Å². The van der Waals surface area contributed by atoms with E-state index in [9.17, 15) is 19.2 Å². The lowest BCUT2D eigenvalue weighted by atomic mass is 9.88. The molecule has 124 valence electrons. The number of hydrogen-bond donors (Lipinski definition) is 4. The Bertz CT molecular complexity index is 394. The van der Waals surface area contributed by atoms with Gasteiger partial charge in [-0.05, 0) is 0 Å². The fraction of sp³-hybridized carbons (Fsp3) is 0.600. The van der Waals surface area contributed by atoms with Gasteiger partial charge in [-0.25, -0.2) is 19.2 Å². The van der Waals surface area contributed by atoms with Gasteiger partial charge < -0.3 is 39.4 Å². The Kier molecular flexibility index (Phi) is 4.86. The van der Waals surface area contributed by atoms with E-state index in [0.29, 0.717) is 0 Å². The highest BCUT2D eigenvalue weighted by molar-refractivity contribution is 5.61. The van der Waals surface area contributed by atoms with E-state index >= 15 is 0 Å². The Morgan fingerprint density at radius 1 is 0.545 bits per heavy atom. The molecule has 4 N–H and O–H groups in total. The Hall–Kier alpha value is -2.92. The first-order valence-electron chi connectivity index (χ1n) is 5.76. The molecule has 0 aromatic heterocycles. The zero-order valence-electron chi connectivity index (χ0n) is 10.9. The van der Waals surface area contributed by atoms with Crippen LogP contribution in [0, 0.1) is 0 Å². The molecule has 0 aromatic carbocycles. The van der Waals surface area contributed by atoms with E-state index in [0.717, 1.165) is 0 Å². The summed E-state index contributed by atoms with van der Waals surface area (Å²) in [5, 5.41) is 34.5. The molecule has 1 rings (SSSR count). The second-order valence-corrected chi connectivity index (χ2v) is 4.29. The summed E-state index contributed by atoms with van der Waals surface area (Å²) in [5.41, 5.74) is 0. The molecule has 0 spiro atoms. The quantitative estimate of drug-likeness (QED) is 0.434. The van der Waals surface area contributed by atoms with Crippen molar-refractivity contribution >= 4 is 24.6 Å². The molecular weight excluding hydrogens is 312 g/mol. The lowest BCUT2D eigenvalue weighted by Gasteiger charge is -2.41. The predicted molar refractivity (Wildman–Crippen MR) is 60.4 cm³/mol. The van der Waals surface area contributed by atoms with Crippen molar-refractivity contribution in [3.8, 4) is 0 Å². The first-order chi connectivity index (χ1) is 10.1. The molecule has 0 bridgehead atoms. The molecular formula is C10H12O12. The lowest BCUT2D eigenvalue weighted by molar-refractivity contribution is -0.264. The van der Waals surface area contributed by atoms with Crippen LogP contribution in [0.1, 0.15) is 25.7 Å². The van der Waals surface area contributed by atoms with Crippen LogP contribution >= 0.6 is 0 Å². The van der Waals surface area contributed by atoms with Crippen LogP contribution in [0.4, 0.5) is 19.2 Å². The number of carbonyl (C=O) groups is 4. The molecule has 0 unspecified atom stereocenters. The minimum atomic E-state index is -2.09. The average molecular weight is 324 g/mol. The van der Waals surface area contributed by atoms with Gasteiger partial charge in [-0.3, -0.25) is 0 Å². The van der Waals surface area contributed by atoms with Crippen LogP contribution in [0.5, 0.6) is 0 Å². The normalized spacial score (nSPS) is 18.5. The Labute approximate surface area is 121 Å². The summed E-state index contributed by atoms with van der Waals surface area (Å²) >= 11 is 0. The fourth-order valence-corrected chi connectivity index (χ4v) is 2.10. The third kappa shape index (κ3) is 4.57. The average Bonchev–Trinajstić information content (AvgIpc) is 2.30. The third-order valence-corrected chi connectivity index (χ3v) is 2.87. The molecule has 1 aliphatic carbocycles. The second kappa shape index (κ2) is 6.24. The zero-order valence-corrected chi connectivity index (χ0v) is 10.9.